The molecular weight excluding hydrogens is 626 g/mol. The molecule has 0 aliphatic carbocycles. The van der Waals surface area contributed by atoms with Crippen molar-refractivity contribution < 1.29 is 18.0 Å². The molecule has 0 heterocycles. The maximum absolute atomic E-state index is 13.9. The van der Waals surface area contributed by atoms with E-state index >= 15 is 0 Å². The Morgan fingerprint density at radius 3 is 2.10 bits per heavy atom. The average Bonchev–Trinajstić information content (AvgIpc) is 2.89. The van der Waals surface area contributed by atoms with Gasteiger partial charge in [-0.15, -0.1) is 0 Å². The maximum Gasteiger partial charge on any atom is 0.243 e. The third-order valence-corrected chi connectivity index (χ3v) is 8.28. The highest BCUT2D eigenvalue weighted by atomic mass is 79.9. The van der Waals surface area contributed by atoms with Crippen molar-refractivity contribution in [2.45, 2.75) is 58.2 Å². The average molecular weight is 663 g/mol. The van der Waals surface area contributed by atoms with Gasteiger partial charge in [-0.05, 0) is 74.7 Å². The molecule has 10 heteroatoms. The number of hydrogen-bond acceptors (Lipinski definition) is 4. The summed E-state index contributed by atoms with van der Waals surface area (Å²) in [7, 11) is -3.60. The first kappa shape index (κ1) is 32.6. The smallest absolute Gasteiger partial charge is 0.243 e. The minimum absolute atomic E-state index is 0.0597. The third kappa shape index (κ3) is 10.5. The number of benzene rings is 3. The summed E-state index contributed by atoms with van der Waals surface area (Å²) in [5, 5.41) is 3.55. The molecule has 0 radical (unpaired) electrons. The Morgan fingerprint density at radius 2 is 1.54 bits per heavy atom. The molecule has 0 bridgehead atoms. The summed E-state index contributed by atoms with van der Waals surface area (Å²) in [6, 6.07) is 23.0. The second-order valence-electron chi connectivity index (χ2n) is 11.0. The number of amides is 2. The van der Waals surface area contributed by atoms with Crippen LogP contribution in [-0.4, -0.2) is 49.5 Å². The summed E-state index contributed by atoms with van der Waals surface area (Å²) >= 11 is 9.44. The van der Waals surface area contributed by atoms with Crippen molar-refractivity contribution in [2.24, 2.45) is 0 Å². The van der Waals surface area contributed by atoms with E-state index in [1.54, 1.807) is 29.2 Å². The Balaban J connectivity index is 1.89. The number of nitrogens with one attached hydrogen (secondary N) is 1. The van der Waals surface area contributed by atoms with E-state index in [0.717, 1.165) is 21.9 Å². The van der Waals surface area contributed by atoms with E-state index in [2.05, 4.69) is 21.2 Å². The predicted molar refractivity (Wildman–Crippen MR) is 169 cm³/mol. The van der Waals surface area contributed by atoms with Crippen LogP contribution in [0.1, 0.15) is 44.7 Å². The molecule has 1 atom stereocenters. The van der Waals surface area contributed by atoms with Crippen LogP contribution in [0.2, 0.25) is 5.02 Å². The minimum atomic E-state index is -3.60. The highest BCUT2D eigenvalue weighted by Gasteiger charge is 2.32. The van der Waals surface area contributed by atoms with Crippen LogP contribution in [0.4, 0.5) is 5.69 Å². The molecule has 3 aromatic carbocycles. The van der Waals surface area contributed by atoms with Gasteiger partial charge in [0.05, 0.1) is 11.9 Å². The molecule has 0 saturated heterocycles. The van der Waals surface area contributed by atoms with E-state index in [-0.39, 0.29) is 37.7 Å². The van der Waals surface area contributed by atoms with Crippen molar-refractivity contribution in [3.05, 3.63) is 99.5 Å². The van der Waals surface area contributed by atoms with Crippen LogP contribution in [0.5, 0.6) is 0 Å². The number of carbonyl (C=O) groups excluding carboxylic acids is 2. The first-order valence-electron chi connectivity index (χ1n) is 13.4. The Kier molecular flexibility index (Phi) is 11.4. The molecule has 7 nitrogen and oxygen atoms in total. The second-order valence-corrected chi connectivity index (χ2v) is 14.3. The summed E-state index contributed by atoms with van der Waals surface area (Å²) in [4.78, 5) is 29.2. The SMILES string of the molecule is CC(C)(C)NC(=O)[C@H](Cc1ccccc1)N(Cc1ccc(Br)cc1)C(=O)CCCN(c1ccc(Cl)cc1)S(C)(=O)=O. The summed E-state index contributed by atoms with van der Waals surface area (Å²) in [5.41, 5.74) is 1.79. The summed E-state index contributed by atoms with van der Waals surface area (Å²) < 4.78 is 27.3. The van der Waals surface area contributed by atoms with Crippen molar-refractivity contribution in [1.82, 2.24) is 10.2 Å². The van der Waals surface area contributed by atoms with E-state index in [1.165, 1.54) is 4.31 Å². The number of halogens is 2. The predicted octanol–water partition coefficient (Wildman–Crippen LogP) is 6.20. The van der Waals surface area contributed by atoms with Gasteiger partial charge in [0.15, 0.2) is 0 Å². The van der Waals surface area contributed by atoms with Crippen LogP contribution < -0.4 is 9.62 Å². The van der Waals surface area contributed by atoms with E-state index < -0.39 is 21.6 Å². The molecule has 0 aliphatic rings. The fraction of sp³-hybridized carbons (Fsp3) is 0.355. The summed E-state index contributed by atoms with van der Waals surface area (Å²) in [5.74, 6) is -0.479. The van der Waals surface area contributed by atoms with Gasteiger partial charge in [-0.25, -0.2) is 8.42 Å². The van der Waals surface area contributed by atoms with Gasteiger partial charge in [-0.3, -0.25) is 13.9 Å². The minimum Gasteiger partial charge on any atom is -0.350 e. The second kappa shape index (κ2) is 14.3. The van der Waals surface area contributed by atoms with Crippen molar-refractivity contribution in [3.8, 4) is 0 Å². The lowest BCUT2D eigenvalue weighted by molar-refractivity contribution is -0.142. The number of anilines is 1. The third-order valence-electron chi connectivity index (χ3n) is 6.30. The first-order chi connectivity index (χ1) is 19.2. The number of carbonyl (C=O) groups is 2. The zero-order valence-electron chi connectivity index (χ0n) is 23.8. The lowest BCUT2D eigenvalue weighted by atomic mass is 10.00. The molecule has 41 heavy (non-hydrogen) atoms. The van der Waals surface area contributed by atoms with Gasteiger partial charge < -0.3 is 10.2 Å². The summed E-state index contributed by atoms with van der Waals surface area (Å²) in [6.07, 6.45) is 1.80. The van der Waals surface area contributed by atoms with E-state index in [1.807, 2.05) is 75.4 Å². The molecule has 2 amide bonds. The van der Waals surface area contributed by atoms with Crippen LogP contribution in [0.25, 0.3) is 0 Å². The highest BCUT2D eigenvalue weighted by Crippen LogP contribution is 2.22. The molecule has 0 unspecified atom stereocenters. The number of nitrogens with zero attached hydrogens (tertiary/aromatic N) is 2. The number of sulfonamides is 1. The zero-order chi connectivity index (χ0) is 30.2. The molecule has 220 valence electrons. The first-order valence-corrected chi connectivity index (χ1v) is 16.4. The molecular formula is C31H37BrClN3O4S. The molecule has 3 rings (SSSR count). The monoisotopic (exact) mass is 661 g/mol. The molecule has 0 saturated carbocycles. The van der Waals surface area contributed by atoms with E-state index in [4.69, 9.17) is 11.6 Å². The highest BCUT2D eigenvalue weighted by molar-refractivity contribution is 9.10. The van der Waals surface area contributed by atoms with Crippen molar-refractivity contribution >= 4 is 55.1 Å². The topological polar surface area (TPSA) is 86.8 Å². The van der Waals surface area contributed by atoms with Crippen molar-refractivity contribution in [1.29, 1.82) is 0 Å². The van der Waals surface area contributed by atoms with Crippen LogP contribution in [-0.2, 0) is 32.6 Å². The van der Waals surface area contributed by atoms with Crippen LogP contribution in [0.15, 0.2) is 83.3 Å². The lowest BCUT2D eigenvalue weighted by Gasteiger charge is -2.34. The van der Waals surface area contributed by atoms with E-state index in [0.29, 0.717) is 17.1 Å². The van der Waals surface area contributed by atoms with E-state index in [9.17, 15) is 18.0 Å². The zero-order valence-corrected chi connectivity index (χ0v) is 27.0. The van der Waals surface area contributed by atoms with Gasteiger partial charge in [0.25, 0.3) is 0 Å². The number of rotatable bonds is 12. The fourth-order valence-corrected chi connectivity index (χ4v) is 5.76. The van der Waals surface area contributed by atoms with Gasteiger partial charge in [-0.2, -0.15) is 0 Å². The molecule has 0 aromatic heterocycles. The molecule has 0 aliphatic heterocycles. The van der Waals surface area contributed by atoms with Gasteiger partial charge in [0, 0.05) is 41.0 Å². The Labute approximate surface area is 257 Å². The van der Waals surface area contributed by atoms with Gasteiger partial charge in [-0.1, -0.05) is 70.0 Å². The standard InChI is InChI=1S/C31H37BrClN3O4S/c1-31(2,3)34-30(38)28(21-23-9-6-5-7-10-23)35(22-24-12-14-25(32)15-13-24)29(37)11-8-20-36(41(4,39)40)27-18-16-26(33)17-19-27/h5-7,9-10,12-19,28H,8,11,20-22H2,1-4H3,(H,34,38)/t28-/m0/s1. The van der Waals surface area contributed by atoms with Crippen LogP contribution in [0.3, 0.4) is 0 Å². The summed E-state index contributed by atoms with van der Waals surface area (Å²) in [6.45, 7) is 6.05. The lowest BCUT2D eigenvalue weighted by Crippen LogP contribution is -2.54. The van der Waals surface area contributed by atoms with Gasteiger partial charge in [0.2, 0.25) is 21.8 Å². The number of hydrogen-bond donors (Lipinski definition) is 1. The quantitative estimate of drug-likeness (QED) is 0.250. The van der Waals surface area contributed by atoms with Gasteiger partial charge in [0.1, 0.15) is 6.04 Å². The Hall–Kier alpha value is -2.88. The largest absolute Gasteiger partial charge is 0.350 e. The normalized spacial score (nSPS) is 12.4. The molecule has 0 spiro atoms. The molecule has 3 aromatic rings. The molecule has 1 N–H and O–H groups in total. The molecule has 0 fully saturated rings. The Bertz CT molecular complexity index is 1410. The van der Waals surface area contributed by atoms with Crippen LogP contribution >= 0.6 is 27.5 Å². The fourth-order valence-electron chi connectivity index (χ4n) is 4.40. The van der Waals surface area contributed by atoms with Crippen LogP contribution in [0, 0.1) is 0 Å². The van der Waals surface area contributed by atoms with Crippen molar-refractivity contribution in [3.63, 3.8) is 0 Å². The van der Waals surface area contributed by atoms with Gasteiger partial charge >= 0.3 is 0 Å². The van der Waals surface area contributed by atoms with Crippen molar-refractivity contribution in [2.75, 3.05) is 17.1 Å². The Morgan fingerprint density at radius 1 is 0.927 bits per heavy atom. The maximum atomic E-state index is 13.9.